The summed E-state index contributed by atoms with van der Waals surface area (Å²) in [6.07, 6.45) is 5.49. The van der Waals surface area contributed by atoms with E-state index < -0.39 is 0 Å². The molecule has 3 heteroatoms. The maximum absolute atomic E-state index is 5.92. The number of nitrogens with zero attached hydrogens (tertiary/aromatic N) is 2. The third-order valence-corrected chi connectivity index (χ3v) is 5.11. The molecule has 0 amide bonds. The predicted molar refractivity (Wildman–Crippen MR) is 89.7 cm³/mol. The minimum absolute atomic E-state index is 0.130. The van der Waals surface area contributed by atoms with Crippen molar-refractivity contribution in [3.05, 3.63) is 29.8 Å². The van der Waals surface area contributed by atoms with Gasteiger partial charge in [-0.25, -0.2) is 0 Å². The lowest BCUT2D eigenvalue weighted by Gasteiger charge is -2.35. The van der Waals surface area contributed by atoms with Gasteiger partial charge in [0.1, 0.15) is 0 Å². The van der Waals surface area contributed by atoms with Gasteiger partial charge in [-0.2, -0.15) is 0 Å². The first-order valence-electron chi connectivity index (χ1n) is 8.55. The second kappa shape index (κ2) is 6.80. The largest absolute Gasteiger partial charge is 0.372 e. The average molecular weight is 287 g/mol. The summed E-state index contributed by atoms with van der Waals surface area (Å²) in [7, 11) is 0. The average Bonchev–Trinajstić information content (AvgIpc) is 3.01. The van der Waals surface area contributed by atoms with Gasteiger partial charge in [-0.3, -0.25) is 0 Å². The van der Waals surface area contributed by atoms with Crippen molar-refractivity contribution in [1.29, 1.82) is 0 Å². The Kier molecular flexibility index (Phi) is 4.81. The highest BCUT2D eigenvalue weighted by Gasteiger charge is 2.22. The molecule has 21 heavy (non-hydrogen) atoms. The Morgan fingerprint density at radius 1 is 1.05 bits per heavy atom. The van der Waals surface area contributed by atoms with Crippen LogP contribution in [-0.2, 0) is 0 Å². The summed E-state index contributed by atoms with van der Waals surface area (Å²) in [5.41, 5.74) is 8.50. The Bertz CT molecular complexity index is 426. The van der Waals surface area contributed by atoms with E-state index in [1.54, 1.807) is 0 Å². The topological polar surface area (TPSA) is 32.5 Å². The summed E-state index contributed by atoms with van der Waals surface area (Å²) in [6.45, 7) is 8.44. The van der Waals surface area contributed by atoms with Crippen molar-refractivity contribution in [2.24, 2.45) is 11.7 Å². The maximum Gasteiger partial charge on any atom is 0.0366 e. The van der Waals surface area contributed by atoms with E-state index in [0.29, 0.717) is 0 Å². The number of hydrogen-bond acceptors (Lipinski definition) is 3. The number of hydrogen-bond donors (Lipinski definition) is 1. The van der Waals surface area contributed by atoms with Crippen LogP contribution in [0.2, 0.25) is 0 Å². The summed E-state index contributed by atoms with van der Waals surface area (Å²) < 4.78 is 0. The molecular formula is C18H29N3. The molecule has 3 rings (SSSR count). The lowest BCUT2D eigenvalue weighted by atomic mass is 9.95. The monoisotopic (exact) mass is 287 g/mol. The first kappa shape index (κ1) is 14.9. The number of anilines is 1. The maximum atomic E-state index is 5.92. The lowest BCUT2D eigenvalue weighted by molar-refractivity contribution is 0.249. The van der Waals surface area contributed by atoms with Gasteiger partial charge in [-0.15, -0.1) is 0 Å². The molecule has 116 valence electrons. The minimum atomic E-state index is 0.130. The van der Waals surface area contributed by atoms with Crippen molar-refractivity contribution in [3.8, 4) is 0 Å². The van der Waals surface area contributed by atoms with Crippen LogP contribution < -0.4 is 10.6 Å². The van der Waals surface area contributed by atoms with E-state index >= 15 is 0 Å². The number of benzene rings is 1. The number of rotatable bonds is 4. The Hall–Kier alpha value is -1.06. The van der Waals surface area contributed by atoms with Crippen molar-refractivity contribution < 1.29 is 0 Å². The third kappa shape index (κ3) is 3.78. The summed E-state index contributed by atoms with van der Waals surface area (Å²) in [4.78, 5) is 5.20. The van der Waals surface area contributed by atoms with Crippen LogP contribution in [0.5, 0.6) is 0 Å². The van der Waals surface area contributed by atoms with Gasteiger partial charge in [0.05, 0.1) is 0 Å². The fourth-order valence-electron chi connectivity index (χ4n) is 3.69. The summed E-state index contributed by atoms with van der Waals surface area (Å²) in [6, 6.07) is 8.95. The summed E-state index contributed by atoms with van der Waals surface area (Å²) in [5.74, 6) is 0.905. The highest BCUT2D eigenvalue weighted by molar-refractivity contribution is 5.48. The predicted octanol–water partition coefficient (Wildman–Crippen LogP) is 3.02. The van der Waals surface area contributed by atoms with Crippen LogP contribution in [0.3, 0.4) is 0 Å². The summed E-state index contributed by atoms with van der Waals surface area (Å²) in [5, 5.41) is 0. The molecule has 1 atom stereocenters. The quantitative estimate of drug-likeness (QED) is 0.924. The molecule has 2 saturated heterocycles. The molecule has 0 saturated carbocycles. The molecular weight excluding hydrogens is 258 g/mol. The van der Waals surface area contributed by atoms with Gasteiger partial charge in [-0.05, 0) is 69.3 Å². The number of likely N-dealkylation sites (tertiary alicyclic amines) is 1. The molecule has 0 radical (unpaired) electrons. The molecule has 0 aromatic heterocycles. The third-order valence-electron chi connectivity index (χ3n) is 5.11. The lowest BCUT2D eigenvalue weighted by Crippen LogP contribution is -2.38. The molecule has 2 N–H and O–H groups in total. The Labute approximate surface area is 129 Å². The van der Waals surface area contributed by atoms with E-state index in [9.17, 15) is 0 Å². The van der Waals surface area contributed by atoms with Crippen molar-refractivity contribution in [2.45, 2.75) is 38.6 Å². The van der Waals surface area contributed by atoms with Crippen LogP contribution in [-0.4, -0.2) is 37.6 Å². The molecule has 0 spiro atoms. The van der Waals surface area contributed by atoms with E-state index in [0.717, 1.165) is 5.92 Å². The highest BCUT2D eigenvalue weighted by atomic mass is 15.2. The van der Waals surface area contributed by atoms with E-state index in [2.05, 4.69) is 34.1 Å². The molecule has 2 aliphatic rings. The SMILES string of the molecule is C[C@H](N)c1ccc(N2CCC(CN3CCCC3)CC2)cc1. The smallest absolute Gasteiger partial charge is 0.0366 e. The molecule has 0 unspecified atom stereocenters. The molecule has 2 heterocycles. The molecule has 3 nitrogen and oxygen atoms in total. The van der Waals surface area contributed by atoms with Crippen LogP contribution in [0.4, 0.5) is 5.69 Å². The van der Waals surface area contributed by atoms with Crippen LogP contribution >= 0.6 is 0 Å². The van der Waals surface area contributed by atoms with E-state index in [4.69, 9.17) is 5.73 Å². The standard InChI is InChI=1S/C18H29N3/c1-15(19)17-4-6-18(7-5-17)21-12-8-16(9-13-21)14-20-10-2-3-11-20/h4-7,15-16H,2-3,8-14,19H2,1H3/t15-/m0/s1. The van der Waals surface area contributed by atoms with E-state index in [1.807, 2.05) is 6.92 Å². The van der Waals surface area contributed by atoms with Gasteiger partial charge in [-0.1, -0.05) is 12.1 Å². The zero-order chi connectivity index (χ0) is 14.7. The first-order chi connectivity index (χ1) is 10.2. The Morgan fingerprint density at radius 2 is 1.67 bits per heavy atom. The van der Waals surface area contributed by atoms with Crippen molar-refractivity contribution in [2.75, 3.05) is 37.6 Å². The molecule has 1 aromatic rings. The Morgan fingerprint density at radius 3 is 2.24 bits per heavy atom. The van der Waals surface area contributed by atoms with E-state index in [-0.39, 0.29) is 6.04 Å². The zero-order valence-electron chi connectivity index (χ0n) is 13.3. The second-order valence-corrected chi connectivity index (χ2v) is 6.82. The zero-order valence-corrected chi connectivity index (χ0v) is 13.3. The fourth-order valence-corrected chi connectivity index (χ4v) is 3.69. The van der Waals surface area contributed by atoms with Crippen LogP contribution in [0.1, 0.15) is 44.2 Å². The van der Waals surface area contributed by atoms with Crippen LogP contribution in [0.15, 0.2) is 24.3 Å². The van der Waals surface area contributed by atoms with Crippen molar-refractivity contribution >= 4 is 5.69 Å². The number of piperidine rings is 1. The molecule has 0 aliphatic carbocycles. The van der Waals surface area contributed by atoms with E-state index in [1.165, 1.54) is 69.7 Å². The minimum Gasteiger partial charge on any atom is -0.372 e. The first-order valence-corrected chi connectivity index (χ1v) is 8.55. The fraction of sp³-hybridized carbons (Fsp3) is 0.667. The highest BCUT2D eigenvalue weighted by Crippen LogP contribution is 2.25. The van der Waals surface area contributed by atoms with Crippen molar-refractivity contribution in [1.82, 2.24) is 4.90 Å². The normalized spacial score (nSPS) is 22.7. The van der Waals surface area contributed by atoms with Crippen LogP contribution in [0.25, 0.3) is 0 Å². The van der Waals surface area contributed by atoms with Gasteiger partial charge in [0.2, 0.25) is 0 Å². The van der Waals surface area contributed by atoms with Crippen molar-refractivity contribution in [3.63, 3.8) is 0 Å². The Balaban J connectivity index is 1.50. The molecule has 2 fully saturated rings. The number of nitrogens with two attached hydrogens (primary N) is 1. The van der Waals surface area contributed by atoms with Gasteiger partial charge in [0.25, 0.3) is 0 Å². The molecule has 0 bridgehead atoms. The van der Waals surface area contributed by atoms with Gasteiger partial charge in [0.15, 0.2) is 0 Å². The van der Waals surface area contributed by atoms with Gasteiger partial charge >= 0.3 is 0 Å². The second-order valence-electron chi connectivity index (χ2n) is 6.82. The van der Waals surface area contributed by atoms with Crippen LogP contribution in [0, 0.1) is 5.92 Å². The molecule has 2 aliphatic heterocycles. The van der Waals surface area contributed by atoms with Gasteiger partial charge < -0.3 is 15.5 Å². The van der Waals surface area contributed by atoms with Gasteiger partial charge in [0, 0.05) is 31.4 Å². The summed E-state index contributed by atoms with van der Waals surface area (Å²) >= 11 is 0. The molecule has 1 aromatic carbocycles.